The zero-order valence-corrected chi connectivity index (χ0v) is 10.3. The largest absolute Gasteiger partial charge is 0.490 e. The first-order valence-electron chi connectivity index (χ1n) is 5.11. The van der Waals surface area contributed by atoms with Crippen LogP contribution in [-0.4, -0.2) is 26.1 Å². The molecule has 0 aliphatic heterocycles. The molecule has 0 N–H and O–H groups in total. The van der Waals surface area contributed by atoms with Crippen LogP contribution in [0.5, 0.6) is 5.75 Å². The summed E-state index contributed by atoms with van der Waals surface area (Å²) in [6.45, 7) is 3.64. The average Bonchev–Trinajstić information content (AvgIpc) is 2.34. The van der Waals surface area contributed by atoms with Crippen molar-refractivity contribution in [3.05, 3.63) is 23.8 Å². The van der Waals surface area contributed by atoms with Crippen molar-refractivity contribution in [1.29, 1.82) is 5.26 Å². The van der Waals surface area contributed by atoms with Gasteiger partial charge in [-0.25, -0.2) is 0 Å². The smallest absolute Gasteiger partial charge is 0.138 e. The molecule has 0 aromatic heterocycles. The maximum absolute atomic E-state index is 9.06. The van der Waals surface area contributed by atoms with Crippen LogP contribution in [0.2, 0.25) is 0 Å². The summed E-state index contributed by atoms with van der Waals surface area (Å²) in [6.07, 6.45) is 1.94. The van der Waals surface area contributed by atoms with E-state index in [-0.39, 0.29) is 0 Å². The Hall–Kier alpha value is -1.18. The first-order valence-corrected chi connectivity index (χ1v) is 6.33. The molecule has 0 aliphatic rings. The summed E-state index contributed by atoms with van der Waals surface area (Å²) >= 11 is 1.54. The molecule has 0 radical (unpaired) electrons. The van der Waals surface area contributed by atoms with Crippen molar-refractivity contribution < 1.29 is 9.47 Å². The molecule has 0 saturated heterocycles. The summed E-state index contributed by atoms with van der Waals surface area (Å²) in [6, 6.07) is 7.79. The number of benzene rings is 1. The number of rotatable bonds is 6. The maximum atomic E-state index is 9.06. The summed E-state index contributed by atoms with van der Waals surface area (Å²) in [4.78, 5) is 0.941. The Morgan fingerprint density at radius 2 is 2.19 bits per heavy atom. The fourth-order valence-electron chi connectivity index (χ4n) is 1.27. The molecule has 0 spiro atoms. The molecule has 0 heterocycles. The average molecular weight is 237 g/mol. The third-order valence-electron chi connectivity index (χ3n) is 2.01. The summed E-state index contributed by atoms with van der Waals surface area (Å²) in [5, 5.41) is 9.06. The van der Waals surface area contributed by atoms with Gasteiger partial charge in [0.15, 0.2) is 0 Å². The number of hydrogen-bond acceptors (Lipinski definition) is 4. The highest BCUT2D eigenvalue weighted by atomic mass is 32.2. The fraction of sp³-hybridized carbons (Fsp3) is 0.417. The van der Waals surface area contributed by atoms with Crippen molar-refractivity contribution in [2.24, 2.45) is 0 Å². The third kappa shape index (κ3) is 3.44. The van der Waals surface area contributed by atoms with E-state index < -0.39 is 0 Å². The molecular formula is C12H15NO2S. The first-order chi connectivity index (χ1) is 7.83. The van der Waals surface area contributed by atoms with Crippen LogP contribution in [-0.2, 0) is 4.74 Å². The Kier molecular flexibility index (Phi) is 5.76. The number of ether oxygens (including phenoxy) is 2. The van der Waals surface area contributed by atoms with Gasteiger partial charge in [-0.1, -0.05) is 6.07 Å². The second-order valence-electron chi connectivity index (χ2n) is 2.99. The molecule has 0 unspecified atom stereocenters. The summed E-state index contributed by atoms with van der Waals surface area (Å²) < 4.78 is 10.7. The molecule has 16 heavy (non-hydrogen) atoms. The molecule has 1 aromatic rings. The minimum atomic E-state index is 0.473. The van der Waals surface area contributed by atoms with Gasteiger partial charge in [0.25, 0.3) is 0 Å². The number of hydrogen-bond donors (Lipinski definition) is 0. The van der Waals surface area contributed by atoms with Gasteiger partial charge in [0.2, 0.25) is 0 Å². The van der Waals surface area contributed by atoms with E-state index in [1.165, 1.54) is 0 Å². The van der Waals surface area contributed by atoms with E-state index in [0.29, 0.717) is 31.1 Å². The summed E-state index contributed by atoms with van der Waals surface area (Å²) in [7, 11) is 0. The second-order valence-corrected chi connectivity index (χ2v) is 3.84. The highest BCUT2D eigenvalue weighted by Crippen LogP contribution is 2.27. The predicted octanol–water partition coefficient (Wildman–Crippen LogP) is 2.70. The molecule has 0 atom stereocenters. The zero-order chi connectivity index (χ0) is 11.8. The van der Waals surface area contributed by atoms with Crippen molar-refractivity contribution in [1.82, 2.24) is 0 Å². The summed E-state index contributed by atoms with van der Waals surface area (Å²) in [5.41, 5.74) is 0.603. The third-order valence-corrected chi connectivity index (χ3v) is 2.79. The monoisotopic (exact) mass is 237 g/mol. The lowest BCUT2D eigenvalue weighted by Gasteiger charge is -2.09. The highest BCUT2D eigenvalue weighted by Gasteiger charge is 2.07. The van der Waals surface area contributed by atoms with Gasteiger partial charge in [-0.15, -0.1) is 11.8 Å². The summed E-state index contributed by atoms with van der Waals surface area (Å²) in [5.74, 6) is 0.633. The standard InChI is InChI=1S/C12H15NO2S/c1-3-14-7-8-15-11-5-4-6-12(16-2)10(11)9-13/h4-6H,3,7-8H2,1-2H3. The predicted molar refractivity (Wildman–Crippen MR) is 64.9 cm³/mol. The van der Waals surface area contributed by atoms with E-state index >= 15 is 0 Å². The molecule has 3 nitrogen and oxygen atoms in total. The number of nitriles is 1. The molecule has 0 aliphatic carbocycles. The molecular weight excluding hydrogens is 222 g/mol. The zero-order valence-electron chi connectivity index (χ0n) is 9.53. The first kappa shape index (κ1) is 12.9. The molecule has 4 heteroatoms. The molecule has 0 amide bonds. The van der Waals surface area contributed by atoms with Gasteiger partial charge in [0.05, 0.1) is 6.61 Å². The van der Waals surface area contributed by atoms with Gasteiger partial charge in [-0.3, -0.25) is 0 Å². The second kappa shape index (κ2) is 7.15. The minimum Gasteiger partial charge on any atom is -0.490 e. The van der Waals surface area contributed by atoms with Crippen LogP contribution in [0.15, 0.2) is 23.1 Å². The van der Waals surface area contributed by atoms with E-state index in [0.717, 1.165) is 4.90 Å². The van der Waals surface area contributed by atoms with Crippen LogP contribution in [0.4, 0.5) is 0 Å². The van der Waals surface area contributed by atoms with Crippen molar-refractivity contribution in [3.63, 3.8) is 0 Å². The van der Waals surface area contributed by atoms with E-state index in [9.17, 15) is 0 Å². The molecule has 1 rings (SSSR count). The van der Waals surface area contributed by atoms with Crippen molar-refractivity contribution in [2.45, 2.75) is 11.8 Å². The van der Waals surface area contributed by atoms with Gasteiger partial charge in [-0.05, 0) is 25.3 Å². The topological polar surface area (TPSA) is 42.2 Å². The van der Waals surface area contributed by atoms with Crippen LogP contribution < -0.4 is 4.74 Å². The Morgan fingerprint density at radius 1 is 1.38 bits per heavy atom. The van der Waals surface area contributed by atoms with Crippen LogP contribution >= 0.6 is 11.8 Å². The van der Waals surface area contributed by atoms with Gasteiger partial charge >= 0.3 is 0 Å². The number of nitrogens with zero attached hydrogens (tertiary/aromatic N) is 1. The maximum Gasteiger partial charge on any atom is 0.138 e. The molecule has 86 valence electrons. The van der Waals surface area contributed by atoms with Crippen LogP contribution in [0.25, 0.3) is 0 Å². The molecule has 0 bridgehead atoms. The lowest BCUT2D eigenvalue weighted by molar-refractivity contribution is 0.110. The van der Waals surface area contributed by atoms with Gasteiger partial charge < -0.3 is 9.47 Å². The molecule has 1 aromatic carbocycles. The van der Waals surface area contributed by atoms with Crippen molar-refractivity contribution in [2.75, 3.05) is 26.1 Å². The van der Waals surface area contributed by atoms with Crippen LogP contribution in [0.3, 0.4) is 0 Å². The van der Waals surface area contributed by atoms with Gasteiger partial charge in [0, 0.05) is 11.5 Å². The molecule has 0 fully saturated rings. The van der Waals surface area contributed by atoms with Crippen LogP contribution in [0.1, 0.15) is 12.5 Å². The Labute approximate surface area is 100 Å². The normalized spacial score (nSPS) is 9.81. The van der Waals surface area contributed by atoms with Crippen molar-refractivity contribution in [3.8, 4) is 11.8 Å². The highest BCUT2D eigenvalue weighted by molar-refractivity contribution is 7.98. The molecule has 0 saturated carbocycles. The van der Waals surface area contributed by atoms with Gasteiger partial charge in [-0.2, -0.15) is 5.26 Å². The van der Waals surface area contributed by atoms with Gasteiger partial charge in [0.1, 0.15) is 24.0 Å². The van der Waals surface area contributed by atoms with E-state index in [4.69, 9.17) is 14.7 Å². The SMILES string of the molecule is CCOCCOc1cccc(SC)c1C#N. The van der Waals surface area contributed by atoms with E-state index in [1.54, 1.807) is 11.8 Å². The fourth-order valence-corrected chi connectivity index (χ4v) is 1.83. The Morgan fingerprint density at radius 3 is 2.81 bits per heavy atom. The van der Waals surface area contributed by atoms with E-state index in [2.05, 4.69) is 6.07 Å². The van der Waals surface area contributed by atoms with Crippen molar-refractivity contribution >= 4 is 11.8 Å². The quantitative estimate of drug-likeness (QED) is 0.563. The van der Waals surface area contributed by atoms with E-state index in [1.807, 2.05) is 31.4 Å². The minimum absolute atomic E-state index is 0.473. The van der Waals surface area contributed by atoms with Crippen LogP contribution in [0, 0.1) is 11.3 Å². The Bertz CT molecular complexity index is 374. The Balaban J connectivity index is 2.68. The lowest BCUT2D eigenvalue weighted by atomic mass is 10.2. The number of thioether (sulfide) groups is 1. The lowest BCUT2D eigenvalue weighted by Crippen LogP contribution is -2.07.